The van der Waals surface area contributed by atoms with Gasteiger partial charge in [-0.15, -0.1) is 0 Å². The molecule has 0 N–H and O–H groups in total. The van der Waals surface area contributed by atoms with E-state index in [1.54, 1.807) is 0 Å². The van der Waals surface area contributed by atoms with Crippen LogP contribution in [0.25, 0.3) is 0 Å². The Morgan fingerprint density at radius 3 is 1.78 bits per heavy atom. The van der Waals surface area contributed by atoms with Crippen molar-refractivity contribution in [2.45, 2.75) is 20.3 Å². The third-order valence-electron chi connectivity index (χ3n) is 1.66. The number of rotatable bonds is 3. The van der Waals surface area contributed by atoms with Crippen LogP contribution in [-0.2, 0) is 0 Å². The second kappa shape index (κ2) is 3.56. The zero-order valence-electron chi connectivity index (χ0n) is 7.49. The summed E-state index contributed by atoms with van der Waals surface area (Å²) in [4.78, 5) is 0. The van der Waals surface area contributed by atoms with E-state index < -0.39 is 7.26 Å². The molecule has 58 valence electrons. The fraction of sp³-hybridized carbons (Fsp3) is 1.00. The van der Waals surface area contributed by atoms with Crippen molar-refractivity contribution in [1.29, 1.82) is 0 Å². The van der Waals surface area contributed by atoms with Gasteiger partial charge in [-0.1, -0.05) is 0 Å². The molecule has 0 radical (unpaired) electrons. The van der Waals surface area contributed by atoms with E-state index in [2.05, 4.69) is 33.8 Å². The van der Waals surface area contributed by atoms with Crippen molar-refractivity contribution >= 4 is 7.26 Å². The Labute approximate surface area is 60.4 Å². The van der Waals surface area contributed by atoms with E-state index in [1.165, 1.54) is 12.6 Å². The van der Waals surface area contributed by atoms with E-state index >= 15 is 0 Å². The Bertz CT molecular complexity index is 71.1. The van der Waals surface area contributed by atoms with Gasteiger partial charge in [0.05, 0.1) is 0 Å². The molecule has 0 saturated heterocycles. The molecule has 0 aliphatic heterocycles. The zero-order valence-corrected chi connectivity index (χ0v) is 8.49. The predicted molar refractivity (Wildman–Crippen MR) is 50.4 cm³/mol. The van der Waals surface area contributed by atoms with Crippen LogP contribution < -0.4 is 0 Å². The fourth-order valence-corrected chi connectivity index (χ4v) is 3.57. The molecule has 0 aromatic carbocycles. The van der Waals surface area contributed by atoms with Crippen molar-refractivity contribution in [2.24, 2.45) is 5.92 Å². The van der Waals surface area contributed by atoms with E-state index in [0.29, 0.717) is 0 Å². The molecule has 1 unspecified atom stereocenters. The molecular weight excluding hydrogens is 127 g/mol. The monoisotopic (exact) mass is 148 g/mol. The summed E-state index contributed by atoms with van der Waals surface area (Å²) in [5.74, 6) is 0.955. The average Bonchev–Trinajstić information content (AvgIpc) is 1.62. The second-order valence-electron chi connectivity index (χ2n) is 4.28. The van der Waals surface area contributed by atoms with Crippen molar-refractivity contribution in [3.63, 3.8) is 0 Å². The Balaban J connectivity index is 3.47. The van der Waals surface area contributed by atoms with Crippen LogP contribution in [0.1, 0.15) is 20.3 Å². The molecule has 0 fully saturated rings. The molecule has 0 nitrogen and oxygen atoms in total. The van der Waals surface area contributed by atoms with Crippen LogP contribution in [0.2, 0.25) is 0 Å². The van der Waals surface area contributed by atoms with Crippen molar-refractivity contribution in [1.82, 2.24) is 0 Å². The van der Waals surface area contributed by atoms with E-state index in [-0.39, 0.29) is 0 Å². The van der Waals surface area contributed by atoms with Crippen molar-refractivity contribution in [3.05, 3.63) is 0 Å². The van der Waals surface area contributed by atoms with Crippen LogP contribution in [0.5, 0.6) is 0 Å². The third kappa shape index (κ3) is 6.31. The summed E-state index contributed by atoms with van der Waals surface area (Å²) in [6, 6.07) is 0. The van der Waals surface area contributed by atoms with Gasteiger partial charge in [-0.25, -0.2) is 0 Å². The molecular formula is C8H21P. The van der Waals surface area contributed by atoms with Gasteiger partial charge < -0.3 is 0 Å². The summed E-state index contributed by atoms with van der Waals surface area (Å²) in [7, 11) is -0.741. The Kier molecular flexibility index (Phi) is 3.73. The fourth-order valence-electron chi connectivity index (χ4n) is 1.19. The summed E-state index contributed by atoms with van der Waals surface area (Å²) in [5, 5.41) is 0. The van der Waals surface area contributed by atoms with Gasteiger partial charge in [0, 0.05) is 0 Å². The van der Waals surface area contributed by atoms with Crippen molar-refractivity contribution < 1.29 is 0 Å². The summed E-state index contributed by atoms with van der Waals surface area (Å²) >= 11 is 0. The van der Waals surface area contributed by atoms with Crippen LogP contribution in [0.15, 0.2) is 0 Å². The van der Waals surface area contributed by atoms with E-state index in [9.17, 15) is 0 Å². The summed E-state index contributed by atoms with van der Waals surface area (Å²) in [5.41, 5.74) is 0. The van der Waals surface area contributed by atoms with Gasteiger partial charge in [0.2, 0.25) is 0 Å². The molecule has 0 rings (SSSR count). The van der Waals surface area contributed by atoms with Gasteiger partial charge in [-0.05, 0) is 0 Å². The van der Waals surface area contributed by atoms with Crippen LogP contribution in [0.4, 0.5) is 0 Å². The summed E-state index contributed by atoms with van der Waals surface area (Å²) < 4.78 is 0. The molecule has 0 heterocycles. The minimum atomic E-state index is -0.741. The summed E-state index contributed by atoms with van der Waals surface area (Å²) in [6.45, 7) is 12.0. The number of hydrogen-bond acceptors (Lipinski definition) is 0. The first-order valence-corrected chi connectivity index (χ1v) is 7.66. The average molecular weight is 148 g/mol. The van der Waals surface area contributed by atoms with E-state index in [1.807, 2.05) is 0 Å². The third-order valence-corrected chi connectivity index (χ3v) is 3.58. The van der Waals surface area contributed by atoms with Gasteiger partial charge in [0.1, 0.15) is 0 Å². The molecule has 0 saturated carbocycles. The van der Waals surface area contributed by atoms with Gasteiger partial charge in [0.15, 0.2) is 0 Å². The number of hydrogen-bond donors (Lipinski definition) is 0. The summed E-state index contributed by atoms with van der Waals surface area (Å²) in [6.07, 6.45) is 2.84. The second-order valence-corrected chi connectivity index (χ2v) is 9.81. The molecule has 1 atom stereocenters. The van der Waals surface area contributed by atoms with Gasteiger partial charge >= 0.3 is 59.6 Å². The van der Waals surface area contributed by atoms with Crippen LogP contribution >= 0.6 is 7.26 Å². The first kappa shape index (κ1) is 9.43. The Hall–Kier alpha value is 0.430. The first-order valence-electron chi connectivity index (χ1n) is 3.95. The molecule has 1 heteroatoms. The molecule has 0 bridgehead atoms. The van der Waals surface area contributed by atoms with E-state index in [4.69, 9.17) is 0 Å². The molecule has 0 aromatic rings. The molecule has 0 spiro atoms. The minimum absolute atomic E-state index is 0.741. The SMILES string of the molecule is CCC(C)C[PH](C)(C)C. The van der Waals surface area contributed by atoms with E-state index in [0.717, 1.165) is 5.92 Å². The molecule has 0 aliphatic rings. The van der Waals surface area contributed by atoms with Gasteiger partial charge in [-0.2, -0.15) is 0 Å². The maximum atomic E-state index is 2.44. The predicted octanol–water partition coefficient (Wildman–Crippen LogP) is 2.67. The molecule has 0 amide bonds. The normalized spacial score (nSPS) is 17.4. The zero-order chi connectivity index (χ0) is 7.49. The topological polar surface area (TPSA) is 0 Å². The Morgan fingerprint density at radius 1 is 1.22 bits per heavy atom. The van der Waals surface area contributed by atoms with Crippen LogP contribution in [-0.4, -0.2) is 26.2 Å². The van der Waals surface area contributed by atoms with Gasteiger partial charge in [-0.3, -0.25) is 0 Å². The standard InChI is InChI=1S/C8H21P/c1-6-8(2)7-9(3,4)5/h8-9H,6-7H2,1-5H3. The van der Waals surface area contributed by atoms with Crippen molar-refractivity contribution in [2.75, 3.05) is 26.2 Å². The van der Waals surface area contributed by atoms with Crippen LogP contribution in [0, 0.1) is 5.92 Å². The maximum absolute atomic E-state index is 2.44. The van der Waals surface area contributed by atoms with Gasteiger partial charge in [0.25, 0.3) is 0 Å². The first-order chi connectivity index (χ1) is 3.95. The molecule has 0 aromatic heterocycles. The quantitative estimate of drug-likeness (QED) is 0.540. The molecule has 0 aliphatic carbocycles. The Morgan fingerprint density at radius 2 is 1.67 bits per heavy atom. The van der Waals surface area contributed by atoms with Crippen LogP contribution in [0.3, 0.4) is 0 Å². The molecule has 9 heavy (non-hydrogen) atoms. The van der Waals surface area contributed by atoms with Crippen molar-refractivity contribution in [3.8, 4) is 0 Å².